The molecule has 9 aromatic rings. The van der Waals surface area contributed by atoms with E-state index in [1.165, 1.54) is 0 Å². The molecule has 1 aromatic heterocycles. The quantitative estimate of drug-likeness (QED) is 0.196. The highest BCUT2D eigenvalue weighted by molar-refractivity contribution is 6.27. The van der Waals surface area contributed by atoms with E-state index in [1.54, 1.807) is 0 Å². The van der Waals surface area contributed by atoms with Gasteiger partial charge in [-0.15, -0.1) is 0 Å². The Balaban J connectivity index is 1.49. The van der Waals surface area contributed by atoms with Crippen LogP contribution in [0.3, 0.4) is 0 Å². The molecule has 43 heavy (non-hydrogen) atoms. The van der Waals surface area contributed by atoms with E-state index in [-0.39, 0.29) is 44.3 Å². The lowest BCUT2D eigenvalue weighted by Gasteiger charge is -2.18. The minimum absolute atomic E-state index is 0.0438. The number of furan rings is 1. The molecule has 1 heterocycles. The Bertz CT molecular complexity index is 3140. The standard InChI is InChI=1S/C42H26O/c1-3-12-27(13-4-1)29-22-24-31-30(26-29)23-25-37-41-36(20-11-21-38(41)43-42(31)37)40-34-18-9-7-16-32(34)39(28-14-5-2-6-15-28)33-17-8-10-19-35(33)40/h1-26H/i1D,3D,4D,11D,12D,13D,20D,21D,22D,23D,24D,25D,26D. The van der Waals surface area contributed by atoms with E-state index in [4.69, 9.17) is 15.4 Å². The molecule has 0 atom stereocenters. The number of hydrogen-bond acceptors (Lipinski definition) is 1. The second kappa shape index (κ2) is 9.44. The zero-order chi connectivity index (χ0) is 39.6. The van der Waals surface area contributed by atoms with Gasteiger partial charge in [0.2, 0.25) is 0 Å². The third kappa shape index (κ3) is 3.65. The molecule has 0 saturated heterocycles. The van der Waals surface area contributed by atoms with Gasteiger partial charge in [0.25, 0.3) is 0 Å². The van der Waals surface area contributed by atoms with Crippen LogP contribution >= 0.6 is 0 Å². The summed E-state index contributed by atoms with van der Waals surface area (Å²) in [5.41, 5.74) is 1.29. The summed E-state index contributed by atoms with van der Waals surface area (Å²) in [5.74, 6) is 0. The summed E-state index contributed by atoms with van der Waals surface area (Å²) in [4.78, 5) is 0. The molecule has 0 N–H and O–H groups in total. The minimum atomic E-state index is -0.698. The summed E-state index contributed by atoms with van der Waals surface area (Å²) in [6.07, 6.45) is 0. The second-order valence-electron chi connectivity index (χ2n) is 10.2. The van der Waals surface area contributed by atoms with Gasteiger partial charge >= 0.3 is 0 Å². The van der Waals surface area contributed by atoms with E-state index >= 15 is 0 Å². The molecule has 9 rings (SSSR count). The van der Waals surface area contributed by atoms with Crippen molar-refractivity contribution in [2.24, 2.45) is 0 Å². The molecular weight excluding hydrogens is 520 g/mol. The Hall–Kier alpha value is -5.66. The number of hydrogen-bond donors (Lipinski definition) is 0. The number of fused-ring (bicyclic) bond motifs is 7. The molecule has 0 bridgehead atoms. The molecule has 1 nitrogen and oxygen atoms in total. The lowest BCUT2D eigenvalue weighted by molar-refractivity contribution is 0.673. The molecule has 200 valence electrons. The Morgan fingerprint density at radius 1 is 0.442 bits per heavy atom. The van der Waals surface area contributed by atoms with Crippen molar-refractivity contribution in [3.05, 3.63) is 157 Å². The van der Waals surface area contributed by atoms with Gasteiger partial charge < -0.3 is 4.42 Å². The zero-order valence-electron chi connectivity index (χ0n) is 35.4. The van der Waals surface area contributed by atoms with E-state index in [2.05, 4.69) is 0 Å². The van der Waals surface area contributed by atoms with Gasteiger partial charge in [-0.05, 0) is 84.5 Å². The molecule has 0 aliphatic rings. The first-order chi connectivity index (χ1) is 26.8. The van der Waals surface area contributed by atoms with Crippen molar-refractivity contribution >= 4 is 54.3 Å². The Morgan fingerprint density at radius 3 is 1.81 bits per heavy atom. The second-order valence-corrected chi connectivity index (χ2v) is 10.2. The molecule has 0 saturated carbocycles. The summed E-state index contributed by atoms with van der Waals surface area (Å²) in [7, 11) is 0. The van der Waals surface area contributed by atoms with Crippen molar-refractivity contribution < 1.29 is 22.2 Å². The van der Waals surface area contributed by atoms with E-state index in [9.17, 15) is 6.85 Å². The molecule has 0 aliphatic carbocycles. The van der Waals surface area contributed by atoms with Gasteiger partial charge in [0.05, 0.1) is 17.8 Å². The van der Waals surface area contributed by atoms with Crippen LogP contribution in [0.1, 0.15) is 17.8 Å². The molecule has 0 unspecified atom stereocenters. The predicted molar refractivity (Wildman–Crippen MR) is 183 cm³/mol. The van der Waals surface area contributed by atoms with Crippen LogP contribution < -0.4 is 0 Å². The first kappa shape index (κ1) is 14.5. The molecule has 0 spiro atoms. The maximum atomic E-state index is 9.41. The van der Waals surface area contributed by atoms with Crippen molar-refractivity contribution in [3.63, 3.8) is 0 Å². The topological polar surface area (TPSA) is 13.1 Å². The highest BCUT2D eigenvalue weighted by Gasteiger charge is 2.20. The van der Waals surface area contributed by atoms with Gasteiger partial charge in [-0.1, -0.05) is 133 Å². The summed E-state index contributed by atoms with van der Waals surface area (Å²) < 4.78 is 121. The molecule has 0 fully saturated rings. The van der Waals surface area contributed by atoms with E-state index in [0.29, 0.717) is 5.56 Å². The van der Waals surface area contributed by atoms with Crippen molar-refractivity contribution in [2.75, 3.05) is 0 Å². The van der Waals surface area contributed by atoms with Crippen LogP contribution in [0.15, 0.2) is 162 Å². The fourth-order valence-corrected chi connectivity index (χ4v) is 6.06. The average molecular weight is 560 g/mol. The fraction of sp³-hybridized carbons (Fsp3) is 0. The molecule has 0 aliphatic heterocycles. The Kier molecular flexibility index (Phi) is 3.18. The maximum absolute atomic E-state index is 9.41. The maximum Gasteiger partial charge on any atom is 0.143 e. The van der Waals surface area contributed by atoms with E-state index in [1.807, 2.05) is 78.9 Å². The Labute approximate surface area is 267 Å². The van der Waals surface area contributed by atoms with Crippen molar-refractivity contribution in [2.45, 2.75) is 0 Å². The minimum Gasteiger partial charge on any atom is -0.455 e. The first-order valence-corrected chi connectivity index (χ1v) is 13.7. The molecular formula is C42H26O. The monoisotopic (exact) mass is 559 g/mol. The smallest absolute Gasteiger partial charge is 0.143 e. The van der Waals surface area contributed by atoms with Gasteiger partial charge in [-0.2, -0.15) is 0 Å². The van der Waals surface area contributed by atoms with Crippen molar-refractivity contribution in [1.29, 1.82) is 0 Å². The van der Waals surface area contributed by atoms with Gasteiger partial charge in [0.15, 0.2) is 0 Å². The number of rotatable bonds is 3. The van der Waals surface area contributed by atoms with Crippen LogP contribution in [-0.2, 0) is 0 Å². The van der Waals surface area contributed by atoms with Crippen LogP contribution in [0.2, 0.25) is 0 Å². The van der Waals surface area contributed by atoms with Crippen LogP contribution in [0, 0.1) is 0 Å². The fourth-order valence-electron chi connectivity index (χ4n) is 6.06. The van der Waals surface area contributed by atoms with E-state index in [0.717, 1.165) is 32.7 Å². The van der Waals surface area contributed by atoms with Crippen molar-refractivity contribution in [1.82, 2.24) is 0 Å². The lowest BCUT2D eigenvalue weighted by Crippen LogP contribution is -1.91. The van der Waals surface area contributed by atoms with Crippen LogP contribution in [0.4, 0.5) is 0 Å². The largest absolute Gasteiger partial charge is 0.455 e. The summed E-state index contributed by atoms with van der Waals surface area (Å²) in [6.45, 7) is 0. The first-order valence-electron chi connectivity index (χ1n) is 20.2. The van der Waals surface area contributed by atoms with E-state index < -0.39 is 83.6 Å². The van der Waals surface area contributed by atoms with Crippen LogP contribution in [-0.4, -0.2) is 0 Å². The highest BCUT2D eigenvalue weighted by atomic mass is 16.3. The van der Waals surface area contributed by atoms with Gasteiger partial charge in [0.1, 0.15) is 11.2 Å². The van der Waals surface area contributed by atoms with Crippen molar-refractivity contribution in [3.8, 4) is 33.4 Å². The lowest BCUT2D eigenvalue weighted by atomic mass is 9.85. The predicted octanol–water partition coefficient (Wildman–Crippen LogP) is 12.0. The van der Waals surface area contributed by atoms with Crippen LogP contribution in [0.25, 0.3) is 87.6 Å². The van der Waals surface area contributed by atoms with Crippen LogP contribution in [0.5, 0.6) is 0 Å². The molecule has 0 amide bonds. The highest BCUT2D eigenvalue weighted by Crippen LogP contribution is 2.47. The summed E-state index contributed by atoms with van der Waals surface area (Å²) in [5, 5.41) is 2.64. The zero-order valence-corrected chi connectivity index (χ0v) is 22.4. The van der Waals surface area contributed by atoms with Gasteiger partial charge in [0, 0.05) is 16.2 Å². The van der Waals surface area contributed by atoms with Gasteiger partial charge in [-0.25, -0.2) is 0 Å². The average Bonchev–Trinajstić information content (AvgIpc) is 3.60. The normalized spacial score (nSPS) is 16.0. The molecule has 8 aromatic carbocycles. The summed E-state index contributed by atoms with van der Waals surface area (Å²) in [6, 6.07) is 17.6. The third-order valence-corrected chi connectivity index (χ3v) is 7.87. The van der Waals surface area contributed by atoms with Gasteiger partial charge in [-0.3, -0.25) is 0 Å². The number of benzene rings is 8. The summed E-state index contributed by atoms with van der Waals surface area (Å²) >= 11 is 0. The SMILES string of the molecule is [2H]c1c([2H])c([2H])c(-c2c([2H])c([2H])c3c(c2[2H])c([2H])c([2H])c2c3oc3c([2H])c([2H])c([2H])c(-c4c5ccccc5c(-c5ccccc5)c5ccccc45)c32)c([2H])c1[2H]. The Morgan fingerprint density at radius 2 is 1.09 bits per heavy atom. The molecule has 0 radical (unpaired) electrons. The molecule has 1 heteroatoms. The third-order valence-electron chi connectivity index (χ3n) is 7.87.